The lowest BCUT2D eigenvalue weighted by atomic mass is 9.99. The zero-order valence-electron chi connectivity index (χ0n) is 41.4. The molecule has 0 unspecified atom stereocenters. The molecule has 0 saturated carbocycles. The normalized spacial score (nSPS) is 11.5. The van der Waals surface area contributed by atoms with Crippen LogP contribution in [0.25, 0.3) is 21.5 Å². The third-order valence-corrected chi connectivity index (χ3v) is 13.0. The van der Waals surface area contributed by atoms with Crippen LogP contribution in [0.2, 0.25) is 0 Å². The molecule has 0 atom stereocenters. The summed E-state index contributed by atoms with van der Waals surface area (Å²) in [7, 11) is 0. The van der Waals surface area contributed by atoms with Crippen molar-refractivity contribution in [1.82, 2.24) is 0 Å². The Morgan fingerprint density at radius 3 is 0.919 bits per heavy atom. The first-order valence-corrected chi connectivity index (χ1v) is 27.3. The van der Waals surface area contributed by atoms with Crippen LogP contribution in [-0.4, -0.2) is 26.4 Å². The molecule has 0 fully saturated rings. The number of fused-ring (bicyclic) bond motifs is 2. The van der Waals surface area contributed by atoms with Crippen molar-refractivity contribution in [3.8, 4) is 23.0 Å². The van der Waals surface area contributed by atoms with Gasteiger partial charge in [-0.05, 0) is 37.8 Å². The maximum absolute atomic E-state index is 6.96. The monoisotopic (exact) mass is 859 g/mol. The minimum atomic E-state index is 0.683. The van der Waals surface area contributed by atoms with Crippen molar-refractivity contribution in [3.63, 3.8) is 0 Å². The lowest BCUT2D eigenvalue weighted by Crippen LogP contribution is -2.06. The van der Waals surface area contributed by atoms with Gasteiger partial charge >= 0.3 is 0 Å². The number of rotatable bonds is 44. The van der Waals surface area contributed by atoms with Crippen LogP contribution in [0.4, 0.5) is 0 Å². The minimum absolute atomic E-state index is 0.683. The van der Waals surface area contributed by atoms with Crippen molar-refractivity contribution in [3.05, 3.63) is 36.4 Å². The van der Waals surface area contributed by atoms with Crippen LogP contribution >= 0.6 is 0 Å². The highest BCUT2D eigenvalue weighted by molar-refractivity contribution is 6.13. The summed E-state index contributed by atoms with van der Waals surface area (Å²) < 4.78 is 27.5. The third kappa shape index (κ3) is 22.8. The third-order valence-electron chi connectivity index (χ3n) is 13.0. The van der Waals surface area contributed by atoms with E-state index >= 15 is 0 Å². The molecule has 0 aliphatic rings. The molecule has 62 heavy (non-hydrogen) atoms. The summed E-state index contributed by atoms with van der Waals surface area (Å²) in [6.07, 6.45) is 46.8. The van der Waals surface area contributed by atoms with E-state index in [9.17, 15) is 0 Å². The zero-order valence-corrected chi connectivity index (χ0v) is 41.4. The van der Waals surface area contributed by atoms with Gasteiger partial charge in [-0.25, -0.2) is 0 Å². The quantitative estimate of drug-likeness (QED) is 0.0419. The van der Waals surface area contributed by atoms with E-state index in [-0.39, 0.29) is 0 Å². The minimum Gasteiger partial charge on any atom is -0.492 e. The molecule has 0 amide bonds. The van der Waals surface area contributed by atoms with E-state index < -0.39 is 0 Å². The van der Waals surface area contributed by atoms with Gasteiger partial charge in [-0.3, -0.25) is 0 Å². The van der Waals surface area contributed by atoms with Crippen molar-refractivity contribution in [2.24, 2.45) is 0 Å². The van der Waals surface area contributed by atoms with Gasteiger partial charge in [0.2, 0.25) is 0 Å². The lowest BCUT2D eigenvalue weighted by Gasteiger charge is -2.22. The molecular formula is C58H98O4. The summed E-state index contributed by atoms with van der Waals surface area (Å²) in [5.41, 5.74) is 0. The Balaban J connectivity index is 1.83. The number of benzene rings is 3. The Kier molecular flexibility index (Phi) is 32.7. The lowest BCUT2D eigenvalue weighted by molar-refractivity contribution is 0.259. The van der Waals surface area contributed by atoms with E-state index in [4.69, 9.17) is 18.9 Å². The van der Waals surface area contributed by atoms with Gasteiger partial charge in [-0.1, -0.05) is 257 Å². The molecule has 3 aromatic carbocycles. The summed E-state index contributed by atoms with van der Waals surface area (Å²) in [6, 6.07) is 13.1. The van der Waals surface area contributed by atoms with E-state index in [1.54, 1.807) is 0 Å². The summed E-state index contributed by atoms with van der Waals surface area (Å²) in [5, 5.41) is 4.36. The molecule has 0 aliphatic heterocycles. The van der Waals surface area contributed by atoms with Crippen LogP contribution in [0.5, 0.6) is 23.0 Å². The zero-order chi connectivity index (χ0) is 44.0. The smallest absolute Gasteiger partial charge is 0.172 e. The molecule has 0 aliphatic carbocycles. The van der Waals surface area contributed by atoms with E-state index in [2.05, 4.69) is 64.1 Å². The fourth-order valence-corrected chi connectivity index (χ4v) is 9.06. The first-order chi connectivity index (χ1) is 30.8. The van der Waals surface area contributed by atoms with Crippen molar-refractivity contribution in [1.29, 1.82) is 0 Å². The Bertz CT molecular complexity index is 1480. The fourth-order valence-electron chi connectivity index (χ4n) is 9.06. The molecule has 0 aromatic heterocycles. The molecule has 0 radical (unpaired) electrons. The first-order valence-electron chi connectivity index (χ1n) is 27.3. The Morgan fingerprint density at radius 2 is 0.548 bits per heavy atom. The van der Waals surface area contributed by atoms with Gasteiger partial charge in [0.15, 0.2) is 11.5 Å². The number of hydrogen-bond donors (Lipinski definition) is 0. The highest BCUT2D eigenvalue weighted by Crippen LogP contribution is 2.50. The van der Waals surface area contributed by atoms with Gasteiger partial charge in [-0.15, -0.1) is 0 Å². The molecule has 0 bridgehead atoms. The summed E-state index contributed by atoms with van der Waals surface area (Å²) >= 11 is 0. The van der Waals surface area contributed by atoms with E-state index in [1.165, 1.54) is 205 Å². The van der Waals surface area contributed by atoms with E-state index in [0.717, 1.165) is 76.8 Å². The standard InChI is InChI=1S/C58H98O4/c1-5-9-13-17-21-25-29-33-39-47-59-54-46-45-53-55(58(54)62-50-42-36-32-28-24-20-16-12-8-4)57(61-49-41-35-31-27-23-19-15-11-7-3)52-44-38-37-43-51(52)56(53)60-48-40-34-30-26-22-18-14-10-6-2/h37-38,43-46H,5-36,39-42,47-50H2,1-4H3. The maximum Gasteiger partial charge on any atom is 0.172 e. The summed E-state index contributed by atoms with van der Waals surface area (Å²) in [6.45, 7) is 12.0. The second-order valence-corrected chi connectivity index (χ2v) is 18.7. The van der Waals surface area contributed by atoms with Gasteiger partial charge in [-0.2, -0.15) is 0 Å². The number of ether oxygens (including phenoxy) is 4. The van der Waals surface area contributed by atoms with Crippen LogP contribution in [0.15, 0.2) is 36.4 Å². The Hall–Kier alpha value is -2.62. The van der Waals surface area contributed by atoms with Gasteiger partial charge < -0.3 is 18.9 Å². The highest BCUT2D eigenvalue weighted by Gasteiger charge is 2.23. The van der Waals surface area contributed by atoms with Gasteiger partial charge in [0.05, 0.1) is 31.8 Å². The summed E-state index contributed by atoms with van der Waals surface area (Å²) in [4.78, 5) is 0. The predicted molar refractivity (Wildman–Crippen MR) is 272 cm³/mol. The second-order valence-electron chi connectivity index (χ2n) is 18.7. The molecule has 0 N–H and O–H groups in total. The van der Waals surface area contributed by atoms with Gasteiger partial charge in [0.25, 0.3) is 0 Å². The average Bonchev–Trinajstić information content (AvgIpc) is 3.29. The van der Waals surface area contributed by atoms with Crippen molar-refractivity contribution in [2.75, 3.05) is 26.4 Å². The van der Waals surface area contributed by atoms with E-state index in [1.807, 2.05) is 0 Å². The van der Waals surface area contributed by atoms with Crippen LogP contribution in [0, 0.1) is 0 Å². The number of hydrogen-bond acceptors (Lipinski definition) is 4. The number of unbranched alkanes of at least 4 members (excludes halogenated alkanes) is 32. The molecule has 0 saturated heterocycles. The van der Waals surface area contributed by atoms with E-state index in [0.29, 0.717) is 19.8 Å². The fraction of sp³-hybridized carbons (Fsp3) is 0.759. The Labute approximate surface area is 383 Å². The second kappa shape index (κ2) is 37.7. The average molecular weight is 859 g/mol. The molecule has 0 spiro atoms. The molecule has 4 heteroatoms. The van der Waals surface area contributed by atoms with Crippen LogP contribution < -0.4 is 18.9 Å². The summed E-state index contributed by atoms with van der Waals surface area (Å²) in [5.74, 6) is 3.59. The van der Waals surface area contributed by atoms with Crippen LogP contribution in [0.3, 0.4) is 0 Å². The topological polar surface area (TPSA) is 36.9 Å². The van der Waals surface area contributed by atoms with Crippen molar-refractivity contribution >= 4 is 21.5 Å². The highest BCUT2D eigenvalue weighted by atomic mass is 16.5. The SMILES string of the molecule is CCCCCCCCCCCOc1ccc2c(OCCCCCCCCCCC)c3ccccc3c(OCCCCCCCCCCC)c2c1OCCCCCCCCCCC. The molecule has 3 rings (SSSR count). The van der Waals surface area contributed by atoms with Crippen molar-refractivity contribution in [2.45, 2.75) is 259 Å². The molecule has 4 nitrogen and oxygen atoms in total. The molecular weight excluding hydrogens is 761 g/mol. The predicted octanol–water partition coefficient (Wildman–Crippen LogP) is 19.6. The van der Waals surface area contributed by atoms with Crippen molar-refractivity contribution < 1.29 is 18.9 Å². The van der Waals surface area contributed by atoms with Gasteiger partial charge in [0, 0.05) is 16.2 Å². The molecule has 3 aromatic rings. The molecule has 354 valence electrons. The first kappa shape index (κ1) is 53.7. The Morgan fingerprint density at radius 1 is 0.258 bits per heavy atom. The van der Waals surface area contributed by atoms with Crippen LogP contribution in [0.1, 0.15) is 259 Å². The maximum atomic E-state index is 6.96. The molecule has 0 heterocycles. The van der Waals surface area contributed by atoms with Gasteiger partial charge in [0.1, 0.15) is 11.5 Å². The largest absolute Gasteiger partial charge is 0.492 e. The van der Waals surface area contributed by atoms with Crippen LogP contribution in [-0.2, 0) is 0 Å².